The summed E-state index contributed by atoms with van der Waals surface area (Å²) >= 11 is 0. The minimum absolute atomic E-state index is 0.000495. The Morgan fingerprint density at radius 3 is 2.57 bits per heavy atom. The summed E-state index contributed by atoms with van der Waals surface area (Å²) in [6.07, 6.45) is 9.86. The van der Waals surface area contributed by atoms with Crippen molar-refractivity contribution in [1.29, 1.82) is 0 Å². The molecule has 156 valence electrons. The summed E-state index contributed by atoms with van der Waals surface area (Å²) in [4.78, 5) is 12.7. The molecule has 0 atom stereocenters. The molecule has 3 aromatic rings. The van der Waals surface area contributed by atoms with Crippen molar-refractivity contribution >= 4 is 5.69 Å². The van der Waals surface area contributed by atoms with E-state index in [1.807, 2.05) is 37.8 Å². The molecule has 30 heavy (non-hydrogen) atoms. The van der Waals surface area contributed by atoms with Gasteiger partial charge in [0.15, 0.2) is 11.5 Å². The Labute approximate surface area is 175 Å². The van der Waals surface area contributed by atoms with Crippen LogP contribution in [0.15, 0.2) is 47.7 Å². The van der Waals surface area contributed by atoms with Crippen molar-refractivity contribution < 1.29 is 9.47 Å². The summed E-state index contributed by atoms with van der Waals surface area (Å²) in [5, 5.41) is 7.76. The first-order chi connectivity index (χ1) is 14.6. The summed E-state index contributed by atoms with van der Waals surface area (Å²) in [5.41, 5.74) is 3.96. The number of nitrogens with one attached hydrogen (secondary N) is 1. The van der Waals surface area contributed by atoms with E-state index in [1.165, 1.54) is 5.56 Å². The Kier molecular flexibility index (Phi) is 4.73. The number of ether oxygens (including phenoxy) is 2. The zero-order valence-electron chi connectivity index (χ0n) is 17.3. The molecule has 1 fully saturated rings. The van der Waals surface area contributed by atoms with Crippen LogP contribution in [-0.2, 0) is 14.1 Å². The maximum atomic E-state index is 12.7. The van der Waals surface area contributed by atoms with Gasteiger partial charge in [0.05, 0.1) is 6.20 Å². The maximum absolute atomic E-state index is 12.7. The SMILES string of the molecule is Cn1cc(-c2cc(NC3CCC(c4ccc5c(c4)OCO5)CC3)c(=O)n(C)c2)cn1. The van der Waals surface area contributed by atoms with Crippen LogP contribution in [0, 0.1) is 0 Å². The van der Waals surface area contributed by atoms with Gasteiger partial charge in [0, 0.05) is 43.7 Å². The number of aromatic nitrogens is 3. The van der Waals surface area contributed by atoms with Crippen molar-refractivity contribution in [3.8, 4) is 22.6 Å². The summed E-state index contributed by atoms with van der Waals surface area (Å²) < 4.78 is 14.4. The molecule has 1 aromatic carbocycles. The van der Waals surface area contributed by atoms with Crippen LogP contribution >= 0.6 is 0 Å². The lowest BCUT2D eigenvalue weighted by Crippen LogP contribution is -2.30. The highest BCUT2D eigenvalue weighted by atomic mass is 16.7. The van der Waals surface area contributed by atoms with Gasteiger partial charge in [-0.1, -0.05) is 6.07 Å². The van der Waals surface area contributed by atoms with Crippen LogP contribution < -0.4 is 20.3 Å². The van der Waals surface area contributed by atoms with Gasteiger partial charge in [0.2, 0.25) is 6.79 Å². The Morgan fingerprint density at radius 1 is 1.00 bits per heavy atom. The largest absolute Gasteiger partial charge is 0.454 e. The molecule has 3 heterocycles. The van der Waals surface area contributed by atoms with E-state index in [0.29, 0.717) is 24.4 Å². The lowest BCUT2D eigenvalue weighted by Gasteiger charge is -2.30. The summed E-state index contributed by atoms with van der Waals surface area (Å²) in [5.74, 6) is 2.20. The number of hydrogen-bond donors (Lipinski definition) is 1. The normalized spacial score (nSPS) is 20.3. The zero-order chi connectivity index (χ0) is 20.7. The van der Waals surface area contributed by atoms with Crippen LogP contribution in [0.2, 0.25) is 0 Å². The number of anilines is 1. The van der Waals surface area contributed by atoms with E-state index in [2.05, 4.69) is 22.5 Å². The van der Waals surface area contributed by atoms with Gasteiger partial charge in [-0.15, -0.1) is 0 Å². The van der Waals surface area contributed by atoms with E-state index in [-0.39, 0.29) is 5.56 Å². The van der Waals surface area contributed by atoms with E-state index in [0.717, 1.165) is 48.3 Å². The van der Waals surface area contributed by atoms with Crippen LogP contribution in [0.5, 0.6) is 11.5 Å². The molecule has 0 unspecified atom stereocenters. The average Bonchev–Trinajstić information content (AvgIpc) is 3.40. The van der Waals surface area contributed by atoms with Crippen molar-refractivity contribution in [2.75, 3.05) is 12.1 Å². The minimum atomic E-state index is 0.000495. The molecule has 2 aromatic heterocycles. The third-order valence-corrected chi connectivity index (χ3v) is 6.18. The number of fused-ring (bicyclic) bond motifs is 1. The molecule has 5 rings (SSSR count). The topological polar surface area (TPSA) is 70.3 Å². The Balaban J connectivity index is 1.28. The lowest BCUT2D eigenvalue weighted by molar-refractivity contribution is 0.174. The molecule has 7 heteroatoms. The fourth-order valence-corrected chi connectivity index (χ4v) is 4.50. The lowest BCUT2D eigenvalue weighted by atomic mass is 9.81. The second kappa shape index (κ2) is 7.55. The molecule has 1 N–H and O–H groups in total. The molecular formula is C23H26N4O3. The van der Waals surface area contributed by atoms with Gasteiger partial charge in [-0.3, -0.25) is 9.48 Å². The van der Waals surface area contributed by atoms with E-state index < -0.39 is 0 Å². The summed E-state index contributed by atoms with van der Waals surface area (Å²) in [7, 11) is 3.69. The van der Waals surface area contributed by atoms with Crippen LogP contribution in [0.3, 0.4) is 0 Å². The third-order valence-electron chi connectivity index (χ3n) is 6.18. The maximum Gasteiger partial charge on any atom is 0.273 e. The highest BCUT2D eigenvalue weighted by Crippen LogP contribution is 2.39. The van der Waals surface area contributed by atoms with Crippen LogP contribution in [-0.4, -0.2) is 27.2 Å². The van der Waals surface area contributed by atoms with Crippen molar-refractivity contribution in [3.05, 3.63) is 58.8 Å². The van der Waals surface area contributed by atoms with Crippen LogP contribution in [0.1, 0.15) is 37.2 Å². The molecule has 0 radical (unpaired) electrons. The zero-order valence-corrected chi connectivity index (χ0v) is 17.3. The quantitative estimate of drug-likeness (QED) is 0.716. The number of pyridine rings is 1. The first kappa shape index (κ1) is 18.8. The van der Waals surface area contributed by atoms with Gasteiger partial charge in [0.1, 0.15) is 5.69 Å². The van der Waals surface area contributed by atoms with E-state index in [1.54, 1.807) is 16.3 Å². The first-order valence-corrected chi connectivity index (χ1v) is 10.4. The first-order valence-electron chi connectivity index (χ1n) is 10.4. The average molecular weight is 406 g/mol. The standard InChI is InChI=1S/C23H26N4O3/c1-26-12-17(18-11-24-27(2)13-18)9-20(23(26)28)25-19-6-3-15(4-7-19)16-5-8-21-22(10-16)30-14-29-21/h5,8-13,15,19,25H,3-4,6-7,14H2,1-2H3. The van der Waals surface area contributed by atoms with Crippen LogP contribution in [0.4, 0.5) is 5.69 Å². The van der Waals surface area contributed by atoms with E-state index in [9.17, 15) is 4.79 Å². The predicted octanol–water partition coefficient (Wildman–Crippen LogP) is 3.65. The molecule has 2 aliphatic rings. The molecule has 0 amide bonds. The van der Waals surface area contributed by atoms with Gasteiger partial charge >= 0.3 is 0 Å². The monoisotopic (exact) mass is 406 g/mol. The second-order valence-electron chi connectivity index (χ2n) is 8.27. The van der Waals surface area contributed by atoms with Gasteiger partial charge in [0.25, 0.3) is 5.56 Å². The predicted molar refractivity (Wildman–Crippen MR) is 115 cm³/mol. The van der Waals surface area contributed by atoms with E-state index >= 15 is 0 Å². The Morgan fingerprint density at radius 2 is 1.80 bits per heavy atom. The number of nitrogens with zero attached hydrogens (tertiary/aromatic N) is 3. The minimum Gasteiger partial charge on any atom is -0.454 e. The second-order valence-corrected chi connectivity index (χ2v) is 8.27. The highest BCUT2D eigenvalue weighted by Gasteiger charge is 2.25. The van der Waals surface area contributed by atoms with Crippen molar-refractivity contribution in [1.82, 2.24) is 14.3 Å². The summed E-state index contributed by atoms with van der Waals surface area (Å²) in [6.45, 7) is 0.308. The number of benzene rings is 1. The Hall–Kier alpha value is -3.22. The van der Waals surface area contributed by atoms with Crippen molar-refractivity contribution in [2.45, 2.75) is 37.6 Å². The molecule has 1 aliphatic carbocycles. The Bertz CT molecular complexity index is 1130. The van der Waals surface area contributed by atoms with Gasteiger partial charge in [-0.2, -0.15) is 5.10 Å². The smallest absolute Gasteiger partial charge is 0.273 e. The van der Waals surface area contributed by atoms with Crippen LogP contribution in [0.25, 0.3) is 11.1 Å². The fourth-order valence-electron chi connectivity index (χ4n) is 4.50. The van der Waals surface area contributed by atoms with Crippen molar-refractivity contribution in [3.63, 3.8) is 0 Å². The summed E-state index contributed by atoms with van der Waals surface area (Å²) in [6, 6.07) is 8.53. The van der Waals surface area contributed by atoms with Gasteiger partial charge in [-0.05, 0) is 55.4 Å². The third kappa shape index (κ3) is 3.56. The molecule has 0 saturated heterocycles. The van der Waals surface area contributed by atoms with E-state index in [4.69, 9.17) is 9.47 Å². The molecule has 0 spiro atoms. The van der Waals surface area contributed by atoms with Crippen molar-refractivity contribution in [2.24, 2.45) is 14.1 Å². The molecular weight excluding hydrogens is 380 g/mol. The number of aryl methyl sites for hydroxylation is 2. The number of rotatable bonds is 4. The van der Waals surface area contributed by atoms with Gasteiger partial charge < -0.3 is 19.4 Å². The molecule has 1 aliphatic heterocycles. The fraction of sp³-hybridized carbons (Fsp3) is 0.391. The van der Waals surface area contributed by atoms with Gasteiger partial charge in [-0.25, -0.2) is 0 Å². The molecule has 7 nitrogen and oxygen atoms in total. The highest BCUT2D eigenvalue weighted by molar-refractivity contribution is 5.65. The molecule has 1 saturated carbocycles. The number of hydrogen-bond acceptors (Lipinski definition) is 5. The molecule has 0 bridgehead atoms.